The van der Waals surface area contributed by atoms with E-state index in [1.54, 1.807) is 6.92 Å². The van der Waals surface area contributed by atoms with Crippen molar-refractivity contribution in [1.82, 2.24) is 0 Å². The average Bonchev–Trinajstić information content (AvgIpc) is 2.01. The lowest BCUT2D eigenvalue weighted by Gasteiger charge is -2.02. The fourth-order valence-corrected chi connectivity index (χ4v) is 1.52. The Hall–Kier alpha value is -1.42. The van der Waals surface area contributed by atoms with Crippen LogP contribution in [0.2, 0.25) is 5.02 Å². The van der Waals surface area contributed by atoms with Gasteiger partial charge in [-0.2, -0.15) is 0 Å². The molecule has 1 aromatic carbocycles. The molecule has 0 amide bonds. The van der Waals surface area contributed by atoms with Crippen LogP contribution in [0.3, 0.4) is 0 Å². The lowest BCUT2D eigenvalue weighted by Crippen LogP contribution is -2.02. The summed E-state index contributed by atoms with van der Waals surface area (Å²) in [7, 11) is 0. The van der Waals surface area contributed by atoms with Crippen molar-refractivity contribution in [3.63, 3.8) is 0 Å². The van der Waals surface area contributed by atoms with Gasteiger partial charge in [0, 0.05) is 10.6 Å². The lowest BCUT2D eigenvalue weighted by molar-refractivity contribution is -0.385. The van der Waals surface area contributed by atoms with E-state index in [0.717, 1.165) is 0 Å². The highest BCUT2D eigenvalue weighted by Gasteiger charge is 2.20. The van der Waals surface area contributed by atoms with E-state index in [1.807, 2.05) is 0 Å². The summed E-state index contributed by atoms with van der Waals surface area (Å²) in [6.07, 6.45) is 0. The molecule has 0 N–H and O–H groups in total. The minimum atomic E-state index is -0.567. The zero-order chi connectivity index (χ0) is 10.9. The molecular formula is C9H8ClNO3. The molecule has 0 aromatic heterocycles. The molecule has 0 aliphatic heterocycles. The molecule has 0 atom stereocenters. The van der Waals surface area contributed by atoms with Gasteiger partial charge in [-0.25, -0.2) is 0 Å². The molecule has 0 fully saturated rings. The summed E-state index contributed by atoms with van der Waals surface area (Å²) in [4.78, 5) is 21.2. The zero-order valence-corrected chi connectivity index (χ0v) is 8.46. The molecule has 0 aliphatic rings. The van der Waals surface area contributed by atoms with Gasteiger partial charge in [-0.05, 0) is 26.0 Å². The summed E-state index contributed by atoms with van der Waals surface area (Å²) in [5.41, 5.74) is 0.287. The van der Waals surface area contributed by atoms with E-state index in [0.29, 0.717) is 10.6 Å². The summed E-state index contributed by atoms with van der Waals surface area (Å²) in [6, 6.07) is 2.78. The third-order valence-electron chi connectivity index (χ3n) is 1.83. The Morgan fingerprint density at radius 1 is 1.50 bits per heavy atom. The number of hydrogen-bond donors (Lipinski definition) is 0. The molecule has 5 heteroatoms. The first kappa shape index (κ1) is 10.7. The standard InChI is InChI=1S/C9H8ClNO3/c1-5-3-7(10)4-8(6(2)12)9(5)11(13)14/h3-4H,1-2H3. The SMILES string of the molecule is CC(=O)c1cc(Cl)cc(C)c1[N+](=O)[O-]. The van der Waals surface area contributed by atoms with Crippen LogP contribution in [0, 0.1) is 17.0 Å². The Bertz CT molecular complexity index is 415. The number of carbonyl (C=O) groups is 1. The van der Waals surface area contributed by atoms with E-state index in [4.69, 9.17) is 11.6 Å². The third-order valence-corrected chi connectivity index (χ3v) is 2.05. The topological polar surface area (TPSA) is 60.2 Å². The van der Waals surface area contributed by atoms with E-state index in [-0.39, 0.29) is 17.0 Å². The smallest absolute Gasteiger partial charge is 0.283 e. The number of nitrogens with zero attached hydrogens (tertiary/aromatic N) is 1. The number of ketones is 1. The molecular weight excluding hydrogens is 206 g/mol. The Morgan fingerprint density at radius 2 is 2.07 bits per heavy atom. The second-order valence-corrected chi connectivity index (χ2v) is 3.37. The van der Waals surface area contributed by atoms with Crippen molar-refractivity contribution in [2.75, 3.05) is 0 Å². The van der Waals surface area contributed by atoms with Crippen molar-refractivity contribution in [3.05, 3.63) is 38.4 Å². The number of aryl methyl sites for hydroxylation is 1. The molecule has 0 spiro atoms. The highest BCUT2D eigenvalue weighted by Crippen LogP contribution is 2.27. The van der Waals surface area contributed by atoms with Gasteiger partial charge in [0.05, 0.1) is 10.5 Å². The maximum absolute atomic E-state index is 11.1. The van der Waals surface area contributed by atoms with Gasteiger partial charge in [0.1, 0.15) is 0 Å². The Labute approximate surface area is 85.6 Å². The van der Waals surface area contributed by atoms with Gasteiger partial charge in [0.15, 0.2) is 5.78 Å². The van der Waals surface area contributed by atoms with Crippen molar-refractivity contribution in [2.24, 2.45) is 0 Å². The van der Waals surface area contributed by atoms with Crippen LogP contribution in [0.4, 0.5) is 5.69 Å². The van der Waals surface area contributed by atoms with Crippen LogP contribution in [0.25, 0.3) is 0 Å². The van der Waals surface area contributed by atoms with Crippen molar-refractivity contribution in [1.29, 1.82) is 0 Å². The summed E-state index contributed by atoms with van der Waals surface area (Å²) >= 11 is 5.70. The summed E-state index contributed by atoms with van der Waals surface area (Å²) < 4.78 is 0. The molecule has 0 aliphatic carbocycles. The van der Waals surface area contributed by atoms with Crippen molar-refractivity contribution < 1.29 is 9.72 Å². The lowest BCUT2D eigenvalue weighted by atomic mass is 10.1. The zero-order valence-electron chi connectivity index (χ0n) is 7.70. The van der Waals surface area contributed by atoms with Crippen molar-refractivity contribution >= 4 is 23.1 Å². The predicted molar refractivity (Wildman–Crippen MR) is 52.8 cm³/mol. The minimum Gasteiger partial charge on any atom is -0.294 e. The number of Topliss-reactive ketones (excluding diaryl/α,β-unsaturated/α-hetero) is 1. The van der Waals surface area contributed by atoms with Gasteiger partial charge in [-0.3, -0.25) is 14.9 Å². The van der Waals surface area contributed by atoms with E-state index >= 15 is 0 Å². The number of hydrogen-bond acceptors (Lipinski definition) is 3. The van der Waals surface area contributed by atoms with Gasteiger partial charge in [0.25, 0.3) is 5.69 Å². The van der Waals surface area contributed by atoms with E-state index in [9.17, 15) is 14.9 Å². The van der Waals surface area contributed by atoms with E-state index in [1.165, 1.54) is 19.1 Å². The van der Waals surface area contributed by atoms with Crippen molar-refractivity contribution in [3.8, 4) is 0 Å². The molecule has 0 heterocycles. The van der Waals surface area contributed by atoms with Crippen LogP contribution >= 0.6 is 11.6 Å². The van der Waals surface area contributed by atoms with Crippen LogP contribution in [-0.2, 0) is 0 Å². The molecule has 0 bridgehead atoms. The Balaban J connectivity index is 3.52. The van der Waals surface area contributed by atoms with Crippen LogP contribution < -0.4 is 0 Å². The first-order valence-electron chi connectivity index (χ1n) is 3.89. The van der Waals surface area contributed by atoms with Gasteiger partial charge in [-0.1, -0.05) is 11.6 Å². The molecule has 1 aromatic rings. The fraction of sp³-hybridized carbons (Fsp3) is 0.222. The quantitative estimate of drug-likeness (QED) is 0.431. The highest BCUT2D eigenvalue weighted by molar-refractivity contribution is 6.31. The second kappa shape index (κ2) is 3.75. The van der Waals surface area contributed by atoms with Crippen LogP contribution in [0.15, 0.2) is 12.1 Å². The Kier molecular flexibility index (Phi) is 2.86. The molecule has 0 radical (unpaired) electrons. The monoisotopic (exact) mass is 213 g/mol. The van der Waals surface area contributed by atoms with Gasteiger partial charge >= 0.3 is 0 Å². The normalized spacial score (nSPS) is 9.93. The largest absolute Gasteiger partial charge is 0.294 e. The molecule has 4 nitrogen and oxygen atoms in total. The fourth-order valence-electron chi connectivity index (χ4n) is 1.25. The first-order chi connectivity index (χ1) is 6.43. The first-order valence-corrected chi connectivity index (χ1v) is 4.26. The summed E-state index contributed by atoms with van der Waals surface area (Å²) in [5, 5.41) is 11.0. The molecule has 0 saturated carbocycles. The Morgan fingerprint density at radius 3 is 2.50 bits per heavy atom. The molecule has 0 unspecified atom stereocenters. The maximum Gasteiger partial charge on any atom is 0.283 e. The number of rotatable bonds is 2. The van der Waals surface area contributed by atoms with E-state index in [2.05, 4.69) is 0 Å². The highest BCUT2D eigenvalue weighted by atomic mass is 35.5. The van der Waals surface area contributed by atoms with Crippen LogP contribution in [0.5, 0.6) is 0 Å². The van der Waals surface area contributed by atoms with E-state index < -0.39 is 4.92 Å². The molecule has 14 heavy (non-hydrogen) atoms. The minimum absolute atomic E-state index is 0.0556. The van der Waals surface area contributed by atoms with Gasteiger partial charge in [0.2, 0.25) is 0 Å². The number of nitro benzene ring substituents is 1. The van der Waals surface area contributed by atoms with Gasteiger partial charge in [-0.15, -0.1) is 0 Å². The molecule has 0 saturated heterocycles. The number of carbonyl (C=O) groups excluding carboxylic acids is 1. The number of halogens is 1. The van der Waals surface area contributed by atoms with Gasteiger partial charge < -0.3 is 0 Å². The number of nitro groups is 1. The second-order valence-electron chi connectivity index (χ2n) is 2.93. The maximum atomic E-state index is 11.1. The van der Waals surface area contributed by atoms with Crippen LogP contribution in [-0.4, -0.2) is 10.7 Å². The van der Waals surface area contributed by atoms with Crippen LogP contribution in [0.1, 0.15) is 22.8 Å². The summed E-state index contributed by atoms with van der Waals surface area (Å²) in [6.45, 7) is 2.83. The molecule has 1 rings (SSSR count). The molecule has 74 valence electrons. The van der Waals surface area contributed by atoms with Crippen molar-refractivity contribution in [2.45, 2.75) is 13.8 Å². The number of benzene rings is 1. The third kappa shape index (κ3) is 1.90. The average molecular weight is 214 g/mol. The summed E-state index contributed by atoms with van der Waals surface area (Å²) in [5.74, 6) is -0.359. The predicted octanol–water partition coefficient (Wildman–Crippen LogP) is 2.76.